The number of allylic oxidation sites excluding steroid dienone is 4. The van der Waals surface area contributed by atoms with Crippen molar-refractivity contribution < 1.29 is 0 Å². The van der Waals surface area contributed by atoms with E-state index >= 15 is 0 Å². The number of hydrogen-bond acceptors (Lipinski definition) is 0. The summed E-state index contributed by atoms with van der Waals surface area (Å²) in [5.74, 6) is 0. The lowest BCUT2D eigenvalue weighted by Gasteiger charge is -2.13. The van der Waals surface area contributed by atoms with Crippen LogP contribution >= 0.6 is 0 Å². The molecule has 0 unspecified atom stereocenters. The van der Waals surface area contributed by atoms with Gasteiger partial charge in [-0.05, 0) is 47.7 Å². The molecule has 0 N–H and O–H groups in total. The van der Waals surface area contributed by atoms with Crippen molar-refractivity contribution in [1.29, 1.82) is 0 Å². The number of rotatable bonds is 1. The Balaban J connectivity index is 2.07. The van der Waals surface area contributed by atoms with Crippen LogP contribution in [0.4, 0.5) is 0 Å². The van der Waals surface area contributed by atoms with Gasteiger partial charge in [0.2, 0.25) is 0 Å². The van der Waals surface area contributed by atoms with Gasteiger partial charge in [-0.2, -0.15) is 0 Å². The van der Waals surface area contributed by atoms with Crippen molar-refractivity contribution in [2.45, 2.75) is 19.8 Å². The van der Waals surface area contributed by atoms with Crippen LogP contribution < -0.4 is 0 Å². The fourth-order valence-corrected chi connectivity index (χ4v) is 2.37. The fourth-order valence-electron chi connectivity index (χ4n) is 2.37. The van der Waals surface area contributed by atoms with Crippen molar-refractivity contribution in [2.75, 3.05) is 0 Å². The highest BCUT2D eigenvalue weighted by Gasteiger charge is 2.06. The molecule has 0 spiro atoms. The number of fused-ring (bicyclic) bond motifs is 1. The molecule has 0 aliphatic heterocycles. The van der Waals surface area contributed by atoms with Crippen molar-refractivity contribution in [3.63, 3.8) is 0 Å². The molecule has 0 saturated heterocycles. The van der Waals surface area contributed by atoms with Gasteiger partial charge < -0.3 is 0 Å². The van der Waals surface area contributed by atoms with Crippen LogP contribution in [0.2, 0.25) is 0 Å². The number of benzene rings is 2. The molecule has 1 aliphatic rings. The van der Waals surface area contributed by atoms with E-state index in [-0.39, 0.29) is 0 Å². The molecule has 84 valence electrons. The van der Waals surface area contributed by atoms with Crippen LogP contribution in [0.1, 0.15) is 25.3 Å². The normalized spacial score (nSPS) is 15.6. The van der Waals surface area contributed by atoms with E-state index in [0.29, 0.717) is 0 Å². The summed E-state index contributed by atoms with van der Waals surface area (Å²) in [6.07, 6.45) is 6.87. The first-order valence-corrected chi connectivity index (χ1v) is 6.18. The van der Waals surface area contributed by atoms with Crippen molar-refractivity contribution in [2.24, 2.45) is 0 Å². The molecule has 0 aromatic heterocycles. The van der Waals surface area contributed by atoms with Crippen LogP contribution in [-0.2, 0) is 0 Å². The molecule has 0 bridgehead atoms. The summed E-state index contributed by atoms with van der Waals surface area (Å²) in [6.45, 7) is 2.20. The van der Waals surface area contributed by atoms with Gasteiger partial charge in [-0.1, -0.05) is 54.1 Å². The Labute approximate surface area is 102 Å². The van der Waals surface area contributed by atoms with Crippen molar-refractivity contribution in [3.05, 3.63) is 65.8 Å². The van der Waals surface area contributed by atoms with Crippen LogP contribution in [-0.4, -0.2) is 0 Å². The van der Waals surface area contributed by atoms with E-state index in [9.17, 15) is 0 Å². The molecule has 0 heterocycles. The van der Waals surface area contributed by atoms with Crippen molar-refractivity contribution >= 4 is 16.3 Å². The maximum atomic E-state index is 2.30. The summed E-state index contributed by atoms with van der Waals surface area (Å²) >= 11 is 0. The van der Waals surface area contributed by atoms with E-state index < -0.39 is 0 Å². The van der Waals surface area contributed by atoms with Gasteiger partial charge in [0.15, 0.2) is 0 Å². The van der Waals surface area contributed by atoms with Gasteiger partial charge in [-0.3, -0.25) is 0 Å². The van der Waals surface area contributed by atoms with Gasteiger partial charge in [-0.25, -0.2) is 0 Å². The van der Waals surface area contributed by atoms with Gasteiger partial charge in [0.25, 0.3) is 0 Å². The Morgan fingerprint density at radius 2 is 1.65 bits per heavy atom. The quantitative estimate of drug-likeness (QED) is 0.637. The molecular formula is C17H16. The first-order chi connectivity index (χ1) is 8.33. The Kier molecular flexibility index (Phi) is 2.56. The maximum Gasteiger partial charge on any atom is -0.0178 e. The van der Waals surface area contributed by atoms with Gasteiger partial charge in [0, 0.05) is 0 Å². The fraction of sp³-hybridized carbons (Fsp3) is 0.176. The molecule has 2 aromatic carbocycles. The first kappa shape index (κ1) is 10.3. The molecule has 1 aliphatic carbocycles. The second-order valence-corrected chi connectivity index (χ2v) is 4.77. The molecule has 0 radical (unpaired) electrons. The monoisotopic (exact) mass is 220 g/mol. The van der Waals surface area contributed by atoms with Gasteiger partial charge >= 0.3 is 0 Å². The molecule has 0 fully saturated rings. The molecule has 0 heteroatoms. The van der Waals surface area contributed by atoms with Crippen molar-refractivity contribution in [3.8, 4) is 0 Å². The molecule has 0 amide bonds. The minimum absolute atomic E-state index is 1.17. The zero-order valence-electron chi connectivity index (χ0n) is 10.1. The predicted octanol–water partition coefficient (Wildman–Crippen LogP) is 4.96. The lowest BCUT2D eigenvalue weighted by atomic mass is 9.93. The second kappa shape index (κ2) is 4.21. The van der Waals surface area contributed by atoms with Gasteiger partial charge in [0.05, 0.1) is 0 Å². The zero-order chi connectivity index (χ0) is 11.7. The average molecular weight is 220 g/mol. The van der Waals surface area contributed by atoms with E-state index in [4.69, 9.17) is 0 Å². The van der Waals surface area contributed by atoms with E-state index in [1.165, 1.54) is 40.3 Å². The minimum Gasteiger partial charge on any atom is -0.0730 e. The van der Waals surface area contributed by atoms with Crippen LogP contribution in [0.25, 0.3) is 16.3 Å². The molecule has 17 heavy (non-hydrogen) atoms. The Morgan fingerprint density at radius 3 is 2.41 bits per heavy atom. The van der Waals surface area contributed by atoms with E-state index in [0.717, 1.165) is 0 Å². The highest BCUT2D eigenvalue weighted by Crippen LogP contribution is 2.28. The van der Waals surface area contributed by atoms with E-state index in [1.54, 1.807) is 0 Å². The highest BCUT2D eigenvalue weighted by atomic mass is 14.1. The van der Waals surface area contributed by atoms with Gasteiger partial charge in [0.1, 0.15) is 0 Å². The van der Waals surface area contributed by atoms with Crippen LogP contribution in [0, 0.1) is 0 Å². The predicted molar refractivity (Wildman–Crippen MR) is 74.9 cm³/mol. The van der Waals surface area contributed by atoms with E-state index in [2.05, 4.69) is 61.5 Å². The standard InChI is InChI=1S/C17H16/c1-13-6-8-15(9-7-13)17-11-10-14-4-2-3-5-16(14)12-17/h2-6,8,10-12H,7,9H2,1H3. The highest BCUT2D eigenvalue weighted by molar-refractivity contribution is 5.86. The Bertz CT molecular complexity index is 615. The summed E-state index contributed by atoms with van der Waals surface area (Å²) in [4.78, 5) is 0. The third-order valence-corrected chi connectivity index (χ3v) is 3.48. The molecular weight excluding hydrogens is 204 g/mol. The Hall–Kier alpha value is -1.82. The largest absolute Gasteiger partial charge is 0.0730 e. The van der Waals surface area contributed by atoms with Crippen LogP contribution in [0.15, 0.2) is 60.2 Å². The third-order valence-electron chi connectivity index (χ3n) is 3.48. The number of hydrogen-bond donors (Lipinski definition) is 0. The van der Waals surface area contributed by atoms with Crippen molar-refractivity contribution in [1.82, 2.24) is 0 Å². The summed E-state index contributed by atoms with van der Waals surface area (Å²) < 4.78 is 0. The third kappa shape index (κ3) is 2.03. The molecule has 3 rings (SSSR count). The minimum atomic E-state index is 1.17. The van der Waals surface area contributed by atoms with E-state index in [1.807, 2.05) is 0 Å². The smallest absolute Gasteiger partial charge is 0.0178 e. The Morgan fingerprint density at radius 1 is 0.824 bits per heavy atom. The lowest BCUT2D eigenvalue weighted by molar-refractivity contribution is 0.977. The first-order valence-electron chi connectivity index (χ1n) is 6.18. The molecule has 2 aromatic rings. The van der Waals surface area contributed by atoms with Gasteiger partial charge in [-0.15, -0.1) is 0 Å². The topological polar surface area (TPSA) is 0 Å². The van der Waals surface area contributed by atoms with Crippen LogP contribution in [0.5, 0.6) is 0 Å². The molecule has 0 nitrogen and oxygen atoms in total. The van der Waals surface area contributed by atoms with Crippen LogP contribution in [0.3, 0.4) is 0 Å². The molecule has 0 atom stereocenters. The average Bonchev–Trinajstić information content (AvgIpc) is 2.39. The summed E-state index contributed by atoms with van der Waals surface area (Å²) in [5.41, 5.74) is 4.31. The second-order valence-electron chi connectivity index (χ2n) is 4.77. The summed E-state index contributed by atoms with van der Waals surface area (Å²) in [7, 11) is 0. The summed E-state index contributed by atoms with van der Waals surface area (Å²) in [6, 6.07) is 15.3. The maximum absolute atomic E-state index is 2.30. The molecule has 0 saturated carbocycles. The summed E-state index contributed by atoms with van der Waals surface area (Å²) in [5, 5.41) is 2.65. The lowest BCUT2D eigenvalue weighted by Crippen LogP contribution is -1.91. The SMILES string of the molecule is CC1=CC=C(c2ccc3ccccc3c2)CC1. The zero-order valence-corrected chi connectivity index (χ0v) is 10.1.